The Morgan fingerprint density at radius 1 is 0.964 bits per heavy atom. The minimum atomic E-state index is 0.789. The molecule has 1 saturated heterocycles. The molecule has 0 spiro atoms. The van der Waals surface area contributed by atoms with Crippen molar-refractivity contribution in [2.45, 2.75) is 25.7 Å². The van der Waals surface area contributed by atoms with Crippen molar-refractivity contribution in [1.82, 2.24) is 9.97 Å². The number of ether oxygens (including phenoxy) is 2. The highest BCUT2D eigenvalue weighted by molar-refractivity contribution is 7.13. The molecule has 4 rings (SSSR count). The molecule has 146 valence electrons. The van der Waals surface area contributed by atoms with E-state index in [0.29, 0.717) is 0 Å². The van der Waals surface area contributed by atoms with Crippen LogP contribution in [0.25, 0.3) is 21.8 Å². The van der Waals surface area contributed by atoms with Crippen molar-refractivity contribution in [3.63, 3.8) is 0 Å². The van der Waals surface area contributed by atoms with Gasteiger partial charge in [0.15, 0.2) is 0 Å². The van der Waals surface area contributed by atoms with Crippen molar-refractivity contribution >= 4 is 17.2 Å². The Morgan fingerprint density at radius 2 is 1.79 bits per heavy atom. The lowest BCUT2D eigenvalue weighted by molar-refractivity contribution is 0.404. The van der Waals surface area contributed by atoms with Crippen molar-refractivity contribution < 1.29 is 9.47 Å². The van der Waals surface area contributed by atoms with Gasteiger partial charge in [0.1, 0.15) is 22.3 Å². The summed E-state index contributed by atoms with van der Waals surface area (Å²) in [5, 5.41) is 3.05. The molecule has 6 heteroatoms. The maximum absolute atomic E-state index is 5.52. The normalized spacial score (nSPS) is 14.6. The molecular formula is C22H25N3O2S. The van der Waals surface area contributed by atoms with Gasteiger partial charge in [-0.25, -0.2) is 9.97 Å². The fraction of sp³-hybridized carbons (Fsp3) is 0.364. The third kappa shape index (κ3) is 3.97. The van der Waals surface area contributed by atoms with Crippen LogP contribution < -0.4 is 14.4 Å². The number of benzene rings is 1. The molecule has 0 amide bonds. The van der Waals surface area contributed by atoms with Crippen LogP contribution in [0.1, 0.15) is 25.7 Å². The summed E-state index contributed by atoms with van der Waals surface area (Å²) in [4.78, 5) is 11.9. The highest BCUT2D eigenvalue weighted by Gasteiger charge is 2.15. The summed E-state index contributed by atoms with van der Waals surface area (Å²) in [6.07, 6.45) is 7.00. The molecule has 0 N–H and O–H groups in total. The van der Waals surface area contributed by atoms with Gasteiger partial charge in [0.2, 0.25) is 0 Å². The number of hydrogen-bond acceptors (Lipinski definition) is 6. The van der Waals surface area contributed by atoms with Crippen molar-refractivity contribution in [1.29, 1.82) is 0 Å². The lowest BCUT2D eigenvalue weighted by atomic mass is 10.1. The van der Waals surface area contributed by atoms with Crippen LogP contribution in [0.15, 0.2) is 41.9 Å². The molecule has 28 heavy (non-hydrogen) atoms. The molecule has 0 bridgehead atoms. The van der Waals surface area contributed by atoms with Gasteiger partial charge in [0, 0.05) is 35.8 Å². The number of nitrogens with zero attached hydrogens (tertiary/aromatic N) is 3. The monoisotopic (exact) mass is 395 g/mol. The van der Waals surface area contributed by atoms with Gasteiger partial charge >= 0.3 is 0 Å². The molecule has 1 aliphatic heterocycles. The van der Waals surface area contributed by atoms with E-state index in [1.54, 1.807) is 25.6 Å². The Morgan fingerprint density at radius 3 is 2.54 bits per heavy atom. The standard InChI is InChI=1S/C22H25N3O2S/c1-26-17-7-8-20(27-2)18(14-17)19-15-28-22(24-19)16-9-10-23-21(13-16)25-11-5-3-4-6-12-25/h7-10,13-15H,3-6,11-12H2,1-2H3. The molecule has 0 radical (unpaired) electrons. The first-order valence-electron chi connectivity index (χ1n) is 9.68. The molecule has 0 saturated carbocycles. The van der Waals surface area contributed by atoms with Gasteiger partial charge in [-0.2, -0.15) is 0 Å². The third-order valence-corrected chi connectivity index (χ3v) is 6.00. The van der Waals surface area contributed by atoms with Crippen LogP contribution in [0.2, 0.25) is 0 Å². The predicted octanol–water partition coefficient (Wildman–Crippen LogP) is 5.27. The minimum absolute atomic E-state index is 0.789. The first-order chi connectivity index (χ1) is 13.8. The summed E-state index contributed by atoms with van der Waals surface area (Å²) < 4.78 is 10.9. The van der Waals surface area contributed by atoms with E-state index < -0.39 is 0 Å². The van der Waals surface area contributed by atoms with Crippen molar-refractivity contribution in [2.75, 3.05) is 32.2 Å². The zero-order valence-electron chi connectivity index (χ0n) is 16.4. The first-order valence-corrected chi connectivity index (χ1v) is 10.6. The average Bonchev–Trinajstić information content (AvgIpc) is 3.08. The van der Waals surface area contributed by atoms with Crippen molar-refractivity contribution in [3.8, 4) is 33.3 Å². The second kappa shape index (κ2) is 8.61. The predicted molar refractivity (Wildman–Crippen MR) is 115 cm³/mol. The quantitative estimate of drug-likeness (QED) is 0.589. The molecule has 5 nitrogen and oxygen atoms in total. The summed E-state index contributed by atoms with van der Waals surface area (Å²) in [5.41, 5.74) is 2.93. The van der Waals surface area contributed by atoms with Crippen LogP contribution in [-0.2, 0) is 0 Å². The van der Waals surface area contributed by atoms with Crippen molar-refractivity contribution in [2.24, 2.45) is 0 Å². The maximum atomic E-state index is 5.52. The summed E-state index contributed by atoms with van der Waals surface area (Å²) in [6.45, 7) is 2.17. The van der Waals surface area contributed by atoms with E-state index in [1.165, 1.54) is 25.7 Å². The number of methoxy groups -OCH3 is 2. The fourth-order valence-corrected chi connectivity index (χ4v) is 4.39. The molecule has 1 aliphatic rings. The van der Waals surface area contributed by atoms with E-state index in [-0.39, 0.29) is 0 Å². The third-order valence-electron chi connectivity index (χ3n) is 5.11. The molecule has 0 aliphatic carbocycles. The topological polar surface area (TPSA) is 47.5 Å². The van der Waals surface area contributed by atoms with Crippen molar-refractivity contribution in [3.05, 3.63) is 41.9 Å². The largest absolute Gasteiger partial charge is 0.497 e. The molecule has 0 atom stereocenters. The molecule has 2 aromatic heterocycles. The Balaban J connectivity index is 1.64. The minimum Gasteiger partial charge on any atom is -0.497 e. The fourth-order valence-electron chi connectivity index (χ4n) is 3.57. The molecule has 3 heterocycles. The van der Waals surface area contributed by atoms with E-state index in [9.17, 15) is 0 Å². The first kappa shape index (κ1) is 18.7. The van der Waals surface area contributed by atoms with Crippen LogP contribution in [-0.4, -0.2) is 37.3 Å². The van der Waals surface area contributed by atoms with E-state index in [1.807, 2.05) is 30.5 Å². The van der Waals surface area contributed by atoms with Crippen LogP contribution in [0.3, 0.4) is 0 Å². The number of thiazole rings is 1. The van der Waals surface area contributed by atoms with Crippen LogP contribution in [0.4, 0.5) is 5.82 Å². The van der Waals surface area contributed by atoms with E-state index in [2.05, 4.69) is 21.3 Å². The van der Waals surface area contributed by atoms with E-state index in [4.69, 9.17) is 14.5 Å². The highest BCUT2D eigenvalue weighted by atomic mass is 32.1. The number of aromatic nitrogens is 2. The zero-order chi connectivity index (χ0) is 19.3. The van der Waals surface area contributed by atoms with Gasteiger partial charge in [-0.1, -0.05) is 12.8 Å². The Bertz CT molecular complexity index is 933. The van der Waals surface area contributed by atoms with Gasteiger partial charge < -0.3 is 14.4 Å². The van der Waals surface area contributed by atoms with Gasteiger partial charge in [0.25, 0.3) is 0 Å². The van der Waals surface area contributed by atoms with Gasteiger partial charge in [-0.15, -0.1) is 11.3 Å². The smallest absolute Gasteiger partial charge is 0.129 e. The number of anilines is 1. The summed E-state index contributed by atoms with van der Waals surface area (Å²) in [5.74, 6) is 2.63. The van der Waals surface area contributed by atoms with Gasteiger partial charge in [-0.3, -0.25) is 0 Å². The molecule has 1 fully saturated rings. The molecule has 0 unspecified atom stereocenters. The SMILES string of the molecule is COc1ccc(OC)c(-c2csc(-c3ccnc(N4CCCCCC4)c3)n2)c1. The average molecular weight is 396 g/mol. The highest BCUT2D eigenvalue weighted by Crippen LogP contribution is 2.36. The summed E-state index contributed by atoms with van der Waals surface area (Å²) in [7, 11) is 3.34. The number of pyridine rings is 1. The lowest BCUT2D eigenvalue weighted by Gasteiger charge is -2.21. The summed E-state index contributed by atoms with van der Waals surface area (Å²) >= 11 is 1.64. The number of hydrogen-bond donors (Lipinski definition) is 0. The zero-order valence-corrected chi connectivity index (χ0v) is 17.2. The Labute approximate surface area is 170 Å². The maximum Gasteiger partial charge on any atom is 0.129 e. The van der Waals surface area contributed by atoms with Gasteiger partial charge in [-0.05, 0) is 43.2 Å². The molecule has 3 aromatic rings. The van der Waals surface area contributed by atoms with Gasteiger partial charge in [0.05, 0.1) is 19.9 Å². The van der Waals surface area contributed by atoms with Crippen LogP contribution in [0, 0.1) is 0 Å². The Kier molecular flexibility index (Phi) is 5.76. The number of rotatable bonds is 5. The Hall–Kier alpha value is -2.60. The second-order valence-corrected chi connectivity index (χ2v) is 7.77. The molecule has 1 aromatic carbocycles. The van der Waals surface area contributed by atoms with E-state index >= 15 is 0 Å². The lowest BCUT2D eigenvalue weighted by Crippen LogP contribution is -2.24. The van der Waals surface area contributed by atoms with Crippen LogP contribution >= 0.6 is 11.3 Å². The summed E-state index contributed by atoms with van der Waals surface area (Å²) in [6, 6.07) is 9.97. The second-order valence-electron chi connectivity index (χ2n) is 6.91. The van der Waals surface area contributed by atoms with E-state index in [0.717, 1.165) is 52.2 Å². The van der Waals surface area contributed by atoms with Crippen LogP contribution in [0.5, 0.6) is 11.5 Å². The molecular weight excluding hydrogens is 370 g/mol.